The van der Waals surface area contributed by atoms with E-state index in [2.05, 4.69) is 16.4 Å². The van der Waals surface area contributed by atoms with Crippen molar-refractivity contribution in [2.75, 3.05) is 5.32 Å². The van der Waals surface area contributed by atoms with E-state index in [0.717, 1.165) is 42.1 Å². The summed E-state index contributed by atoms with van der Waals surface area (Å²) in [5.74, 6) is 0.650. The van der Waals surface area contributed by atoms with Gasteiger partial charge in [0.25, 0.3) is 0 Å². The third-order valence-electron chi connectivity index (χ3n) is 6.12. The molecule has 1 aliphatic carbocycles. The first-order chi connectivity index (χ1) is 16.2. The molecule has 4 aromatic rings. The summed E-state index contributed by atoms with van der Waals surface area (Å²) in [4.78, 5) is 4.50. The smallest absolute Gasteiger partial charge is 0.227 e. The maximum absolute atomic E-state index is 13.4. The normalized spacial score (nSPS) is 18.1. The quantitative estimate of drug-likeness (QED) is 0.388. The van der Waals surface area contributed by atoms with Crippen LogP contribution in [0.2, 0.25) is 0 Å². The van der Waals surface area contributed by atoms with Crippen molar-refractivity contribution in [3.05, 3.63) is 78.2 Å². The van der Waals surface area contributed by atoms with Crippen LogP contribution >= 0.6 is 0 Å². The number of halogens is 1. The predicted molar refractivity (Wildman–Crippen MR) is 125 cm³/mol. The first-order valence-corrected chi connectivity index (χ1v) is 11.2. The second-order valence-corrected chi connectivity index (χ2v) is 8.30. The molecular formula is C26H24FN5O. The van der Waals surface area contributed by atoms with Crippen LogP contribution in [-0.2, 0) is 6.61 Å². The third-order valence-corrected chi connectivity index (χ3v) is 6.12. The summed E-state index contributed by atoms with van der Waals surface area (Å²) >= 11 is 0. The molecule has 2 aromatic carbocycles. The molecule has 1 N–H and O–H groups in total. The minimum atomic E-state index is -0.302. The minimum Gasteiger partial charge on any atom is -0.472 e. The minimum absolute atomic E-state index is 0.0145. The Morgan fingerprint density at radius 2 is 1.85 bits per heavy atom. The lowest BCUT2D eigenvalue weighted by molar-refractivity contribution is 0.277. The van der Waals surface area contributed by atoms with Gasteiger partial charge in [-0.2, -0.15) is 10.4 Å². The highest BCUT2D eigenvalue weighted by Crippen LogP contribution is 2.39. The lowest BCUT2D eigenvalue weighted by Gasteiger charge is -2.27. The number of fused-ring (bicyclic) bond motifs is 1. The van der Waals surface area contributed by atoms with Gasteiger partial charge in [-0.3, -0.25) is 4.68 Å². The number of nitrogens with one attached hydrogen (secondary N) is 1. The number of nitriles is 1. The lowest BCUT2D eigenvalue weighted by Crippen LogP contribution is -2.23. The number of ether oxygens (including phenoxy) is 1. The van der Waals surface area contributed by atoms with Crippen LogP contribution in [0.4, 0.5) is 15.9 Å². The van der Waals surface area contributed by atoms with E-state index in [9.17, 15) is 9.65 Å². The van der Waals surface area contributed by atoms with Crippen LogP contribution in [0.5, 0.6) is 5.88 Å². The molecule has 2 heterocycles. The lowest BCUT2D eigenvalue weighted by atomic mass is 9.85. The Hall–Kier alpha value is -3.92. The zero-order chi connectivity index (χ0) is 22.6. The Kier molecular flexibility index (Phi) is 5.90. The van der Waals surface area contributed by atoms with Crippen LogP contribution < -0.4 is 10.1 Å². The van der Waals surface area contributed by atoms with Crippen molar-refractivity contribution in [3.63, 3.8) is 0 Å². The summed E-state index contributed by atoms with van der Waals surface area (Å²) in [5.41, 5.74) is 2.61. The van der Waals surface area contributed by atoms with Gasteiger partial charge in [-0.25, -0.2) is 9.37 Å². The van der Waals surface area contributed by atoms with Crippen LogP contribution in [0, 0.1) is 23.1 Å². The van der Waals surface area contributed by atoms with E-state index >= 15 is 0 Å². The van der Waals surface area contributed by atoms with Crippen LogP contribution in [0.25, 0.3) is 10.9 Å². The molecule has 0 aliphatic heterocycles. The summed E-state index contributed by atoms with van der Waals surface area (Å²) in [5, 5.41) is 18.7. The average Bonchev–Trinajstić information content (AvgIpc) is 3.23. The Morgan fingerprint density at radius 3 is 2.64 bits per heavy atom. The second kappa shape index (κ2) is 9.29. The van der Waals surface area contributed by atoms with Crippen LogP contribution in [-0.4, -0.2) is 14.8 Å². The summed E-state index contributed by atoms with van der Waals surface area (Å²) in [6, 6.07) is 20.4. The third kappa shape index (κ3) is 4.37. The van der Waals surface area contributed by atoms with E-state index < -0.39 is 0 Å². The molecule has 33 heavy (non-hydrogen) atoms. The largest absolute Gasteiger partial charge is 0.472 e. The van der Waals surface area contributed by atoms with Gasteiger partial charge in [-0.1, -0.05) is 43.2 Å². The SMILES string of the molecule is N#CC1CCCCC1n1nc(Nc2ccc(F)cc2)c2c(OCc3ccccc3)nccc21. The van der Waals surface area contributed by atoms with Crippen molar-refractivity contribution in [2.24, 2.45) is 5.92 Å². The highest BCUT2D eigenvalue weighted by Gasteiger charge is 2.30. The predicted octanol–water partition coefficient (Wildman–Crippen LogP) is 6.15. The Balaban J connectivity index is 1.57. The molecule has 0 radical (unpaired) electrons. The first kappa shape index (κ1) is 21.0. The van der Waals surface area contributed by atoms with Gasteiger partial charge in [0.15, 0.2) is 5.82 Å². The number of rotatable bonds is 6. The van der Waals surface area contributed by atoms with Crippen molar-refractivity contribution >= 4 is 22.4 Å². The van der Waals surface area contributed by atoms with Gasteiger partial charge in [0.2, 0.25) is 5.88 Å². The van der Waals surface area contributed by atoms with Crippen molar-refractivity contribution < 1.29 is 9.13 Å². The van der Waals surface area contributed by atoms with Crippen molar-refractivity contribution in [3.8, 4) is 11.9 Å². The van der Waals surface area contributed by atoms with Gasteiger partial charge in [0.05, 0.1) is 23.5 Å². The summed E-state index contributed by atoms with van der Waals surface area (Å²) in [7, 11) is 0. The van der Waals surface area contributed by atoms with Crippen LogP contribution in [0.15, 0.2) is 66.9 Å². The number of pyridine rings is 1. The average molecular weight is 442 g/mol. The highest BCUT2D eigenvalue weighted by molar-refractivity contribution is 5.96. The van der Waals surface area contributed by atoms with E-state index in [1.165, 1.54) is 12.1 Å². The maximum atomic E-state index is 13.4. The van der Waals surface area contributed by atoms with Crippen molar-refractivity contribution in [1.29, 1.82) is 5.26 Å². The number of anilines is 2. The van der Waals surface area contributed by atoms with Gasteiger partial charge >= 0.3 is 0 Å². The fourth-order valence-electron chi connectivity index (χ4n) is 4.46. The summed E-state index contributed by atoms with van der Waals surface area (Å²) < 4.78 is 21.5. The molecule has 0 bridgehead atoms. The molecule has 1 saturated carbocycles. The summed E-state index contributed by atoms with van der Waals surface area (Å²) in [6.45, 7) is 0.373. The standard InChI is InChI=1S/C26H24FN5O/c27-20-10-12-21(13-11-20)30-25-24-23(32(31-25)22-9-5-4-8-19(22)16-28)14-15-29-26(24)33-17-18-6-2-1-3-7-18/h1-3,6-7,10-15,19,22H,4-5,8-9,17H2,(H,30,31). The van der Waals surface area contributed by atoms with Gasteiger partial charge in [-0.05, 0) is 48.7 Å². The number of nitrogens with zero attached hydrogens (tertiary/aromatic N) is 4. The van der Waals surface area contributed by atoms with E-state index in [4.69, 9.17) is 9.84 Å². The molecule has 166 valence electrons. The molecule has 1 aliphatic rings. The van der Waals surface area contributed by atoms with E-state index in [1.807, 2.05) is 41.1 Å². The fourth-order valence-corrected chi connectivity index (χ4v) is 4.46. The number of hydrogen-bond donors (Lipinski definition) is 1. The van der Waals surface area contributed by atoms with E-state index in [1.54, 1.807) is 18.3 Å². The Labute approximate surface area is 191 Å². The van der Waals surface area contributed by atoms with E-state index in [-0.39, 0.29) is 17.8 Å². The first-order valence-electron chi connectivity index (χ1n) is 11.2. The van der Waals surface area contributed by atoms with Crippen molar-refractivity contribution in [2.45, 2.75) is 38.3 Å². The number of aromatic nitrogens is 3. The molecule has 1 fully saturated rings. The molecule has 2 atom stereocenters. The van der Waals surface area contributed by atoms with Gasteiger partial charge in [0.1, 0.15) is 17.8 Å². The number of hydrogen-bond acceptors (Lipinski definition) is 5. The zero-order valence-electron chi connectivity index (χ0n) is 18.1. The Bertz CT molecular complexity index is 1280. The Morgan fingerprint density at radius 1 is 1.06 bits per heavy atom. The molecule has 0 spiro atoms. The zero-order valence-corrected chi connectivity index (χ0v) is 18.1. The van der Waals surface area contributed by atoms with Gasteiger partial charge in [0, 0.05) is 11.9 Å². The topological polar surface area (TPSA) is 75.8 Å². The molecule has 6 nitrogen and oxygen atoms in total. The molecule has 2 unspecified atom stereocenters. The van der Waals surface area contributed by atoms with Gasteiger partial charge < -0.3 is 10.1 Å². The van der Waals surface area contributed by atoms with Crippen molar-refractivity contribution in [1.82, 2.24) is 14.8 Å². The molecule has 2 aromatic heterocycles. The number of benzene rings is 2. The van der Waals surface area contributed by atoms with E-state index in [0.29, 0.717) is 24.0 Å². The highest BCUT2D eigenvalue weighted by atomic mass is 19.1. The van der Waals surface area contributed by atoms with Gasteiger partial charge in [-0.15, -0.1) is 0 Å². The molecular weight excluding hydrogens is 417 g/mol. The van der Waals surface area contributed by atoms with Crippen LogP contribution in [0.1, 0.15) is 37.3 Å². The fraction of sp³-hybridized carbons (Fsp3) is 0.269. The summed E-state index contributed by atoms with van der Waals surface area (Å²) in [6.07, 6.45) is 5.60. The molecule has 0 amide bonds. The van der Waals surface area contributed by atoms with Crippen LogP contribution in [0.3, 0.4) is 0 Å². The monoisotopic (exact) mass is 441 g/mol. The second-order valence-electron chi connectivity index (χ2n) is 8.30. The maximum Gasteiger partial charge on any atom is 0.227 e. The molecule has 7 heteroatoms. The molecule has 5 rings (SSSR count). The molecule has 0 saturated heterocycles.